The van der Waals surface area contributed by atoms with Gasteiger partial charge in [-0.1, -0.05) is 187 Å². The van der Waals surface area contributed by atoms with Crippen molar-refractivity contribution in [2.45, 2.75) is 25.0 Å². The zero-order valence-corrected chi connectivity index (χ0v) is 32.1. The molecule has 2 aliphatic heterocycles. The second kappa shape index (κ2) is 22.5. The summed E-state index contributed by atoms with van der Waals surface area (Å²) in [6, 6.07) is 50.0. The average molecular weight is 788 g/mol. The molecule has 14 heteroatoms. The highest BCUT2D eigenvalue weighted by Crippen LogP contribution is 2.30. The minimum absolute atomic E-state index is 0.0469. The molecular formula is C45H43B3N2O9. The Morgan fingerprint density at radius 3 is 1.12 bits per heavy atom. The Morgan fingerprint density at radius 1 is 0.475 bits per heavy atom. The van der Waals surface area contributed by atoms with E-state index in [-0.39, 0.29) is 12.2 Å². The summed E-state index contributed by atoms with van der Waals surface area (Å²) in [5, 5.41) is 61.9. The van der Waals surface area contributed by atoms with Crippen molar-refractivity contribution in [3.05, 3.63) is 204 Å². The molecule has 2 aliphatic rings. The third-order valence-corrected chi connectivity index (χ3v) is 9.17. The fourth-order valence-electron chi connectivity index (χ4n) is 5.82. The van der Waals surface area contributed by atoms with E-state index in [0.29, 0.717) is 41.1 Å². The maximum atomic E-state index is 10.2. The first-order valence-electron chi connectivity index (χ1n) is 18.7. The van der Waals surface area contributed by atoms with Crippen molar-refractivity contribution in [3.8, 4) is 0 Å². The van der Waals surface area contributed by atoms with Crippen LogP contribution in [0.5, 0.6) is 0 Å². The Bertz CT molecular complexity index is 2130. The average Bonchev–Trinajstić information content (AvgIpc) is 4.00. The molecule has 0 spiro atoms. The summed E-state index contributed by atoms with van der Waals surface area (Å²) in [5.74, 6) is 0. The normalized spacial score (nSPS) is 14.7. The molecule has 0 saturated heterocycles. The summed E-state index contributed by atoms with van der Waals surface area (Å²) in [5.41, 5.74) is 8.84. The van der Waals surface area contributed by atoms with Crippen LogP contribution in [0.2, 0.25) is 0 Å². The largest absolute Gasteiger partial charge is 0.488 e. The Morgan fingerprint density at radius 2 is 0.814 bits per heavy atom. The van der Waals surface area contributed by atoms with Crippen molar-refractivity contribution in [2.24, 2.45) is 10.3 Å². The van der Waals surface area contributed by atoms with Crippen molar-refractivity contribution in [1.82, 2.24) is 0 Å². The minimum Gasteiger partial charge on any atom is -0.423 e. The molecular weight excluding hydrogens is 745 g/mol. The maximum absolute atomic E-state index is 10.2. The van der Waals surface area contributed by atoms with Crippen LogP contribution in [0, 0.1) is 0 Å². The number of carbonyl (C=O) groups is 1. The topological polar surface area (TPSA) is 182 Å². The van der Waals surface area contributed by atoms with E-state index >= 15 is 0 Å². The van der Waals surface area contributed by atoms with Gasteiger partial charge in [0.1, 0.15) is 6.29 Å². The van der Waals surface area contributed by atoms with Crippen LogP contribution in [-0.2, 0) is 9.68 Å². The Hall–Kier alpha value is -6.38. The fraction of sp³-hybridized carbons (Fsp3) is 0.0889. The summed E-state index contributed by atoms with van der Waals surface area (Å²) in [6.07, 6.45) is 3.87. The van der Waals surface area contributed by atoms with Crippen LogP contribution < -0.4 is 16.4 Å². The van der Waals surface area contributed by atoms with E-state index in [1.807, 2.05) is 121 Å². The van der Waals surface area contributed by atoms with Crippen LogP contribution in [0.3, 0.4) is 0 Å². The van der Waals surface area contributed by atoms with Gasteiger partial charge in [0.05, 0.1) is 11.4 Å². The lowest BCUT2D eigenvalue weighted by Gasteiger charge is -2.07. The molecule has 6 N–H and O–H groups in total. The first kappa shape index (κ1) is 43.7. The second-order valence-corrected chi connectivity index (χ2v) is 13.3. The van der Waals surface area contributed by atoms with Crippen molar-refractivity contribution in [2.75, 3.05) is 0 Å². The molecule has 0 aromatic heterocycles. The summed E-state index contributed by atoms with van der Waals surface area (Å²) >= 11 is 0. The predicted octanol–water partition coefficient (Wildman–Crippen LogP) is 3.97. The van der Waals surface area contributed by atoms with Crippen LogP contribution in [0.25, 0.3) is 6.08 Å². The lowest BCUT2D eigenvalue weighted by atomic mass is 9.80. The van der Waals surface area contributed by atoms with Gasteiger partial charge in [-0.05, 0) is 44.2 Å². The maximum Gasteiger partial charge on any atom is 0.488 e. The van der Waals surface area contributed by atoms with Crippen LogP contribution in [0.4, 0.5) is 0 Å². The SMILES string of the molecule is C=Cc1ccccc1.O=Cc1ccc(B(O)O)cc1.OB(O)c1ccc(C2=NOC(c3ccccc3)C2)cc1.OB(O)c1ccc(C2=NOC(c3ccccc3)C2)cc1. The summed E-state index contributed by atoms with van der Waals surface area (Å²) < 4.78 is 0. The molecule has 296 valence electrons. The number of hydrogen-bond acceptors (Lipinski definition) is 11. The smallest absolute Gasteiger partial charge is 0.423 e. The highest BCUT2D eigenvalue weighted by molar-refractivity contribution is 6.59. The molecule has 6 aromatic carbocycles. The van der Waals surface area contributed by atoms with E-state index in [1.165, 1.54) is 29.8 Å². The van der Waals surface area contributed by atoms with Crippen molar-refractivity contribution in [3.63, 3.8) is 0 Å². The quantitative estimate of drug-likeness (QED) is 0.0934. The standard InChI is InChI=1S/2C15H14BNO3.C8H8.C7H7BO3/c2*18-16(19)13-8-6-11(7-9-13)14-10-15(20-17-14)12-4-2-1-3-5-12;1-2-8-6-4-3-5-7-8;9-5-6-1-3-7(4-2-6)8(10)11/h2*1-9,15,18-19H,10H2;2-7H,1H2;1-5,10-11H. The molecule has 0 amide bonds. The van der Waals surface area contributed by atoms with Gasteiger partial charge in [-0.25, -0.2) is 0 Å². The minimum atomic E-state index is -1.46. The number of rotatable bonds is 9. The van der Waals surface area contributed by atoms with E-state index in [1.54, 1.807) is 24.3 Å². The Kier molecular flexibility index (Phi) is 16.7. The molecule has 6 aromatic rings. The number of aldehydes is 1. The van der Waals surface area contributed by atoms with Gasteiger partial charge >= 0.3 is 21.4 Å². The van der Waals surface area contributed by atoms with Crippen molar-refractivity contribution >= 4 is 61.5 Å². The molecule has 0 saturated carbocycles. The number of hydrogen-bond donors (Lipinski definition) is 6. The molecule has 2 heterocycles. The lowest BCUT2D eigenvalue weighted by molar-refractivity contribution is 0.0857. The number of carbonyl (C=O) groups excluding carboxylic acids is 1. The van der Waals surface area contributed by atoms with E-state index in [0.717, 1.165) is 33.7 Å². The van der Waals surface area contributed by atoms with Crippen molar-refractivity contribution in [1.29, 1.82) is 0 Å². The lowest BCUT2D eigenvalue weighted by Crippen LogP contribution is -2.29. The molecule has 59 heavy (non-hydrogen) atoms. The first-order valence-corrected chi connectivity index (χ1v) is 18.7. The molecule has 0 fully saturated rings. The van der Waals surface area contributed by atoms with E-state index < -0.39 is 21.4 Å². The summed E-state index contributed by atoms with van der Waals surface area (Å²) in [7, 11) is -4.35. The van der Waals surface area contributed by atoms with Crippen LogP contribution >= 0.6 is 0 Å². The van der Waals surface area contributed by atoms with Crippen LogP contribution in [0.15, 0.2) is 181 Å². The van der Waals surface area contributed by atoms with Gasteiger partial charge in [-0.3, -0.25) is 4.79 Å². The van der Waals surface area contributed by atoms with Crippen molar-refractivity contribution < 1.29 is 44.6 Å². The van der Waals surface area contributed by atoms with Gasteiger partial charge in [0.25, 0.3) is 0 Å². The second-order valence-electron chi connectivity index (χ2n) is 13.3. The Labute approximate surface area is 344 Å². The summed E-state index contributed by atoms with van der Waals surface area (Å²) in [4.78, 5) is 21.1. The Balaban J connectivity index is 0.000000159. The zero-order valence-electron chi connectivity index (χ0n) is 32.1. The van der Waals surface area contributed by atoms with Gasteiger partial charge in [-0.2, -0.15) is 0 Å². The van der Waals surface area contributed by atoms with Gasteiger partial charge in [0.2, 0.25) is 0 Å². The third kappa shape index (κ3) is 13.3. The van der Waals surface area contributed by atoms with Gasteiger partial charge in [0, 0.05) is 18.4 Å². The molecule has 0 bridgehead atoms. The molecule has 0 radical (unpaired) electrons. The molecule has 8 rings (SSSR count). The van der Waals surface area contributed by atoms with Crippen LogP contribution in [0.1, 0.15) is 63.2 Å². The molecule has 2 unspecified atom stereocenters. The number of oxime groups is 2. The summed E-state index contributed by atoms with van der Waals surface area (Å²) in [6.45, 7) is 3.63. The molecule has 11 nitrogen and oxygen atoms in total. The van der Waals surface area contributed by atoms with Gasteiger partial charge in [0.15, 0.2) is 12.2 Å². The van der Waals surface area contributed by atoms with Crippen LogP contribution in [-0.4, -0.2) is 69.2 Å². The van der Waals surface area contributed by atoms with Gasteiger partial charge in [-0.15, -0.1) is 0 Å². The number of benzene rings is 6. The third-order valence-electron chi connectivity index (χ3n) is 9.17. The zero-order chi connectivity index (χ0) is 42.0. The molecule has 2 atom stereocenters. The monoisotopic (exact) mass is 788 g/mol. The van der Waals surface area contributed by atoms with E-state index in [9.17, 15) is 4.79 Å². The van der Waals surface area contributed by atoms with Gasteiger partial charge < -0.3 is 39.8 Å². The van der Waals surface area contributed by atoms with E-state index in [2.05, 4.69) is 16.9 Å². The highest BCUT2D eigenvalue weighted by atomic mass is 16.6. The fourth-order valence-corrected chi connectivity index (χ4v) is 5.82. The van der Waals surface area contributed by atoms with E-state index in [4.69, 9.17) is 39.8 Å². The molecule has 0 aliphatic carbocycles. The highest BCUT2D eigenvalue weighted by Gasteiger charge is 2.25. The predicted molar refractivity (Wildman–Crippen MR) is 234 cm³/mol. The number of nitrogens with zero attached hydrogens (tertiary/aromatic N) is 2. The first-order chi connectivity index (χ1) is 28.6.